The molecule has 0 aromatic rings. The van der Waals surface area contributed by atoms with Gasteiger partial charge in [0.05, 0.1) is 0 Å². The maximum atomic E-state index is 2.18. The third-order valence-corrected chi connectivity index (χ3v) is 0.500. The maximum Gasteiger partial charge on any atom is 1.00 e. The molecule has 0 aliphatic heterocycles. The minimum atomic E-state index is 0. The van der Waals surface area contributed by atoms with Gasteiger partial charge in [-0.3, -0.25) is 0 Å². The molecule has 0 atom stereocenters. The van der Waals surface area contributed by atoms with Gasteiger partial charge in [-0.2, -0.15) is 0 Å². The van der Waals surface area contributed by atoms with Crippen LogP contribution in [-0.2, 0) is 0 Å². The smallest absolute Gasteiger partial charge is 0.577 e. The third-order valence-electron chi connectivity index (χ3n) is 0.500. The molecular weight excluding hydrogens is 79.0 g/mol. The van der Waals surface area contributed by atoms with Gasteiger partial charge in [-0.1, -0.05) is 26.7 Å². The van der Waals surface area contributed by atoms with Crippen molar-refractivity contribution in [2.45, 2.75) is 26.7 Å². The Labute approximate surface area is 39.1 Å². The van der Waals surface area contributed by atoms with Gasteiger partial charge in [0, 0.05) is 0 Å². The Hall–Kier alpha value is 0.430. The number of rotatable bonds is 1. The van der Waals surface area contributed by atoms with Crippen LogP contribution in [0.4, 0.5) is 0 Å². The van der Waals surface area contributed by atoms with E-state index >= 15 is 0 Å². The molecule has 5 heavy (non-hydrogen) atoms. The van der Waals surface area contributed by atoms with Crippen LogP contribution in [0.2, 0.25) is 0 Å². The fraction of sp³-hybridized carbons (Fsp3) is 1.00. The van der Waals surface area contributed by atoms with Crippen molar-refractivity contribution in [2.75, 3.05) is 0 Å². The van der Waals surface area contributed by atoms with E-state index in [0.717, 1.165) is 0 Å². The molecule has 0 radical (unpaired) electrons. The zero-order valence-electron chi connectivity index (χ0n) is 4.99. The van der Waals surface area contributed by atoms with Crippen molar-refractivity contribution in [3.63, 3.8) is 0 Å². The topological polar surface area (TPSA) is 0 Å². The Morgan fingerprint density at radius 2 is 1.40 bits per heavy atom. The first-order valence-corrected chi connectivity index (χ1v) is 1.91. The molecule has 0 spiro atoms. The summed E-state index contributed by atoms with van der Waals surface area (Å²) in [4.78, 5) is 0. The van der Waals surface area contributed by atoms with Crippen LogP contribution in [0.3, 0.4) is 0 Å². The molecule has 34 valence electrons. The second-order valence-electron chi connectivity index (χ2n) is 1.000. The van der Waals surface area contributed by atoms with E-state index in [-0.39, 0.29) is 11.3 Å². The third kappa shape index (κ3) is 12.8. The molecule has 0 saturated heterocycles. The SMILES string of the molecule is CCCC.[H+].[PH2-]. The monoisotopic (exact) mass is 92.1 g/mol. The van der Waals surface area contributed by atoms with E-state index in [2.05, 4.69) is 13.8 Å². The molecule has 1 heteroatoms. The lowest BCUT2D eigenvalue weighted by Crippen LogP contribution is -1.47. The fourth-order valence-corrected chi connectivity index (χ4v) is 0. The van der Waals surface area contributed by atoms with Gasteiger partial charge in [-0.15, -0.1) is 0 Å². The molecule has 0 aromatic carbocycles. The summed E-state index contributed by atoms with van der Waals surface area (Å²) in [5.74, 6) is 0. The first kappa shape index (κ1) is 9.06. The molecule has 0 nitrogen and oxygen atoms in total. The van der Waals surface area contributed by atoms with Gasteiger partial charge in [-0.25, -0.2) is 0 Å². The minimum Gasteiger partial charge on any atom is -0.577 e. The van der Waals surface area contributed by atoms with Gasteiger partial charge in [0.15, 0.2) is 0 Å². The van der Waals surface area contributed by atoms with Gasteiger partial charge in [0.1, 0.15) is 0 Å². The normalized spacial score (nSPS) is 6.00. The average Bonchev–Trinajstić information content (AvgIpc) is 1.37. The summed E-state index contributed by atoms with van der Waals surface area (Å²) in [5, 5.41) is 0. The number of hydrogen-bond acceptors (Lipinski definition) is 0. The molecule has 0 amide bonds. The molecule has 0 rings (SSSR count). The van der Waals surface area contributed by atoms with E-state index in [0.29, 0.717) is 0 Å². The van der Waals surface area contributed by atoms with Crippen LogP contribution in [0.15, 0.2) is 0 Å². The molecular formula is C4H13P. The lowest BCUT2D eigenvalue weighted by Gasteiger charge is -1.68. The first-order valence-electron chi connectivity index (χ1n) is 1.91. The molecule has 0 saturated carbocycles. The van der Waals surface area contributed by atoms with Crippen LogP contribution in [-0.4, -0.2) is 0 Å². The fourth-order valence-electron chi connectivity index (χ4n) is 0. The second kappa shape index (κ2) is 8.83. The predicted molar refractivity (Wildman–Crippen MR) is 31.4 cm³/mol. The summed E-state index contributed by atoms with van der Waals surface area (Å²) in [6.45, 7) is 4.36. The lowest BCUT2D eigenvalue weighted by molar-refractivity contribution is 0.886. The van der Waals surface area contributed by atoms with Crippen LogP contribution < -0.4 is 0 Å². The van der Waals surface area contributed by atoms with Crippen molar-refractivity contribution in [2.24, 2.45) is 0 Å². The van der Waals surface area contributed by atoms with Crippen LogP contribution in [0, 0.1) is 0 Å². The van der Waals surface area contributed by atoms with Gasteiger partial charge in [0.25, 0.3) is 0 Å². The van der Waals surface area contributed by atoms with Crippen molar-refractivity contribution in [1.29, 1.82) is 0 Å². The number of unbranched alkanes of at least 4 members (excludes halogenated alkanes) is 1. The Balaban J connectivity index is -0.0000000450. The Morgan fingerprint density at radius 3 is 1.40 bits per heavy atom. The van der Waals surface area contributed by atoms with Crippen LogP contribution >= 0.6 is 9.90 Å². The van der Waals surface area contributed by atoms with E-state index < -0.39 is 0 Å². The molecule has 0 heterocycles. The zero-order valence-corrected chi connectivity index (χ0v) is 5.15. The summed E-state index contributed by atoms with van der Waals surface area (Å²) in [6.07, 6.45) is 2.64. The largest absolute Gasteiger partial charge is 1.00 e. The van der Waals surface area contributed by atoms with Crippen LogP contribution in [0.25, 0.3) is 0 Å². The van der Waals surface area contributed by atoms with Crippen LogP contribution in [0.1, 0.15) is 28.1 Å². The highest BCUT2D eigenvalue weighted by molar-refractivity contribution is 6.92. The Morgan fingerprint density at radius 1 is 1.20 bits per heavy atom. The van der Waals surface area contributed by atoms with E-state index in [1.54, 1.807) is 0 Å². The Bertz CT molecular complexity index is 9.51. The summed E-state index contributed by atoms with van der Waals surface area (Å²) < 4.78 is 0. The molecule has 0 N–H and O–H groups in total. The quantitative estimate of drug-likeness (QED) is 0.435. The summed E-state index contributed by atoms with van der Waals surface area (Å²) in [6, 6.07) is 0. The van der Waals surface area contributed by atoms with Crippen molar-refractivity contribution in [3.05, 3.63) is 0 Å². The molecule has 0 aromatic heterocycles. The van der Waals surface area contributed by atoms with Crippen molar-refractivity contribution in [3.8, 4) is 0 Å². The van der Waals surface area contributed by atoms with E-state index in [1.807, 2.05) is 0 Å². The Kier molecular flexibility index (Phi) is 16.0. The standard InChI is InChI=1S/C4H10.H2P/c1-3-4-2;/h3-4H2,1-2H3;1H2/q;-1/p+1. The highest BCUT2D eigenvalue weighted by atomic mass is 31.0. The molecule has 0 fully saturated rings. The highest BCUT2D eigenvalue weighted by Gasteiger charge is 1.56. The first-order chi connectivity index (χ1) is 1.91. The van der Waals surface area contributed by atoms with Crippen molar-refractivity contribution in [1.82, 2.24) is 0 Å². The van der Waals surface area contributed by atoms with Crippen molar-refractivity contribution < 1.29 is 1.43 Å². The molecule has 0 bridgehead atoms. The van der Waals surface area contributed by atoms with Gasteiger partial charge in [-0.05, 0) is 0 Å². The van der Waals surface area contributed by atoms with Crippen molar-refractivity contribution >= 4 is 9.90 Å². The van der Waals surface area contributed by atoms with Gasteiger partial charge < -0.3 is 9.90 Å². The maximum absolute atomic E-state index is 2.18. The highest BCUT2D eigenvalue weighted by Crippen LogP contribution is 1.76. The zero-order chi connectivity index (χ0) is 3.41. The lowest BCUT2D eigenvalue weighted by atomic mass is 10.4. The summed E-state index contributed by atoms with van der Waals surface area (Å²) in [5.41, 5.74) is 0. The molecule has 0 aliphatic carbocycles. The van der Waals surface area contributed by atoms with Gasteiger partial charge >= 0.3 is 1.43 Å². The summed E-state index contributed by atoms with van der Waals surface area (Å²) >= 11 is 0. The summed E-state index contributed by atoms with van der Waals surface area (Å²) in [7, 11) is 0. The van der Waals surface area contributed by atoms with E-state index in [9.17, 15) is 0 Å². The van der Waals surface area contributed by atoms with Gasteiger partial charge in [0.2, 0.25) is 0 Å². The molecule has 0 aliphatic rings. The molecule has 0 unspecified atom stereocenters. The minimum absolute atomic E-state index is 0. The second-order valence-corrected chi connectivity index (χ2v) is 1.000. The predicted octanol–water partition coefficient (Wildman–Crippen LogP) is 2.24. The van der Waals surface area contributed by atoms with E-state index in [1.165, 1.54) is 12.8 Å². The number of hydrogen-bond donors (Lipinski definition) is 0. The van der Waals surface area contributed by atoms with E-state index in [4.69, 9.17) is 0 Å². The van der Waals surface area contributed by atoms with Crippen LogP contribution in [0.5, 0.6) is 0 Å². The average molecular weight is 92.1 g/mol.